The first-order chi connectivity index (χ1) is 14.6. The summed E-state index contributed by atoms with van der Waals surface area (Å²) in [4.78, 5) is 30.1. The number of hydrogen-bond donors (Lipinski definition) is 1. The van der Waals surface area contributed by atoms with Crippen molar-refractivity contribution in [1.82, 2.24) is 4.90 Å². The third kappa shape index (κ3) is 4.45. The van der Waals surface area contributed by atoms with E-state index in [0.29, 0.717) is 0 Å². The molecule has 0 radical (unpaired) electrons. The van der Waals surface area contributed by atoms with Crippen LogP contribution in [0.1, 0.15) is 28.5 Å². The van der Waals surface area contributed by atoms with Crippen molar-refractivity contribution in [2.24, 2.45) is 5.73 Å². The van der Waals surface area contributed by atoms with Crippen LogP contribution in [-0.4, -0.2) is 36.3 Å². The summed E-state index contributed by atoms with van der Waals surface area (Å²) in [5.74, 6) is -0.436. The van der Waals surface area contributed by atoms with Crippen molar-refractivity contribution < 1.29 is 9.59 Å². The molecule has 3 aromatic rings. The molecule has 0 aliphatic carbocycles. The van der Waals surface area contributed by atoms with E-state index >= 15 is 0 Å². The molecule has 0 bridgehead atoms. The number of primary amides is 1. The van der Waals surface area contributed by atoms with E-state index in [1.807, 2.05) is 48.5 Å². The number of rotatable bonds is 7. The molecular formula is C24H25N3O2S. The molecule has 0 spiro atoms. The SMILES string of the molecule is NC(=O)CCN(C(=O)CN1CCc2sccc2[C@H]1c1ccccc1)c1ccccc1. The van der Waals surface area contributed by atoms with E-state index in [4.69, 9.17) is 5.73 Å². The number of carbonyl (C=O) groups is 2. The summed E-state index contributed by atoms with van der Waals surface area (Å²) in [5.41, 5.74) is 8.62. The van der Waals surface area contributed by atoms with Crippen LogP contribution in [0.3, 0.4) is 0 Å². The van der Waals surface area contributed by atoms with E-state index < -0.39 is 5.91 Å². The normalized spacial score (nSPS) is 16.1. The fraction of sp³-hybridized carbons (Fsp3) is 0.250. The van der Waals surface area contributed by atoms with Gasteiger partial charge in [-0.25, -0.2) is 0 Å². The van der Waals surface area contributed by atoms with Crippen LogP contribution < -0.4 is 10.6 Å². The minimum Gasteiger partial charge on any atom is -0.370 e. The highest BCUT2D eigenvalue weighted by Crippen LogP contribution is 2.37. The van der Waals surface area contributed by atoms with Gasteiger partial charge in [-0.3, -0.25) is 14.5 Å². The fourth-order valence-electron chi connectivity index (χ4n) is 4.05. The van der Waals surface area contributed by atoms with Crippen LogP contribution in [-0.2, 0) is 16.0 Å². The van der Waals surface area contributed by atoms with Crippen LogP contribution in [0.5, 0.6) is 0 Å². The van der Waals surface area contributed by atoms with Crippen LogP contribution in [0.15, 0.2) is 72.1 Å². The topological polar surface area (TPSA) is 66.6 Å². The summed E-state index contributed by atoms with van der Waals surface area (Å²) < 4.78 is 0. The molecule has 6 heteroatoms. The van der Waals surface area contributed by atoms with Gasteiger partial charge in [-0.05, 0) is 41.1 Å². The van der Waals surface area contributed by atoms with Crippen LogP contribution >= 0.6 is 11.3 Å². The number of carbonyl (C=O) groups excluding carboxylic acids is 2. The maximum atomic E-state index is 13.4. The van der Waals surface area contributed by atoms with Gasteiger partial charge >= 0.3 is 0 Å². The van der Waals surface area contributed by atoms with Crippen molar-refractivity contribution >= 4 is 28.8 Å². The number of amides is 2. The van der Waals surface area contributed by atoms with Crippen LogP contribution in [0.4, 0.5) is 5.69 Å². The molecule has 2 heterocycles. The van der Waals surface area contributed by atoms with Gasteiger partial charge in [0.15, 0.2) is 0 Å². The molecule has 2 aromatic carbocycles. The largest absolute Gasteiger partial charge is 0.370 e. The molecule has 1 aliphatic heterocycles. The van der Waals surface area contributed by atoms with Crippen LogP contribution in [0, 0.1) is 0 Å². The van der Waals surface area contributed by atoms with E-state index in [0.717, 1.165) is 18.7 Å². The van der Waals surface area contributed by atoms with E-state index in [1.54, 1.807) is 16.2 Å². The van der Waals surface area contributed by atoms with Crippen LogP contribution in [0.25, 0.3) is 0 Å². The Morgan fingerprint density at radius 3 is 2.43 bits per heavy atom. The highest BCUT2D eigenvalue weighted by molar-refractivity contribution is 7.10. The average molecular weight is 420 g/mol. The van der Waals surface area contributed by atoms with Gasteiger partial charge in [0.05, 0.1) is 12.6 Å². The zero-order chi connectivity index (χ0) is 20.9. The molecular weight excluding hydrogens is 394 g/mol. The van der Waals surface area contributed by atoms with Gasteiger partial charge in [0, 0.05) is 30.1 Å². The third-order valence-corrected chi connectivity index (χ3v) is 6.47. The second-order valence-corrected chi connectivity index (χ2v) is 8.43. The summed E-state index contributed by atoms with van der Waals surface area (Å²) in [6, 6.07) is 22.0. The Morgan fingerprint density at radius 2 is 1.73 bits per heavy atom. The van der Waals surface area contributed by atoms with Crippen molar-refractivity contribution in [3.63, 3.8) is 0 Å². The second kappa shape index (κ2) is 9.24. The molecule has 2 N–H and O–H groups in total. The third-order valence-electron chi connectivity index (χ3n) is 5.47. The van der Waals surface area contributed by atoms with Gasteiger partial charge in [-0.2, -0.15) is 0 Å². The summed E-state index contributed by atoms with van der Waals surface area (Å²) >= 11 is 1.79. The molecule has 2 amide bonds. The standard InChI is InChI=1S/C24H25N3O2S/c25-22(28)12-15-27(19-9-5-2-6-10-19)23(29)17-26-14-11-21-20(13-16-30-21)24(26)18-7-3-1-4-8-18/h1-10,13,16,24H,11-12,14-15,17H2,(H2,25,28)/t24-/m1/s1. The van der Waals surface area contributed by atoms with E-state index in [-0.39, 0.29) is 31.5 Å². The Morgan fingerprint density at radius 1 is 1.03 bits per heavy atom. The molecule has 1 atom stereocenters. The Bertz CT molecular complexity index is 1000. The van der Waals surface area contributed by atoms with Crippen molar-refractivity contribution in [3.05, 3.63) is 88.1 Å². The first-order valence-electron chi connectivity index (χ1n) is 10.1. The monoisotopic (exact) mass is 419 g/mol. The average Bonchev–Trinajstić information content (AvgIpc) is 3.24. The lowest BCUT2D eigenvalue weighted by Gasteiger charge is -2.37. The summed E-state index contributed by atoms with van der Waals surface area (Å²) in [6.45, 7) is 1.38. The minimum absolute atomic E-state index is 0.0259. The Kier molecular flexibility index (Phi) is 6.26. The quantitative estimate of drug-likeness (QED) is 0.636. The van der Waals surface area contributed by atoms with Gasteiger partial charge in [0.25, 0.3) is 0 Å². The zero-order valence-corrected chi connectivity index (χ0v) is 17.6. The lowest BCUT2D eigenvalue weighted by Crippen LogP contribution is -2.45. The smallest absolute Gasteiger partial charge is 0.241 e. The van der Waals surface area contributed by atoms with Gasteiger partial charge in [0.2, 0.25) is 11.8 Å². The molecule has 4 rings (SSSR count). The number of para-hydroxylation sites is 1. The lowest BCUT2D eigenvalue weighted by molar-refractivity contribution is -0.120. The molecule has 1 aliphatic rings. The molecule has 30 heavy (non-hydrogen) atoms. The predicted octanol–water partition coefficient (Wildman–Crippen LogP) is 3.60. The summed E-state index contributed by atoms with van der Waals surface area (Å²) in [6.07, 6.45) is 1.08. The number of nitrogens with two attached hydrogens (primary N) is 1. The number of hydrogen-bond acceptors (Lipinski definition) is 4. The number of benzene rings is 2. The Balaban J connectivity index is 1.60. The van der Waals surface area contributed by atoms with E-state index in [9.17, 15) is 9.59 Å². The Hall–Kier alpha value is -2.96. The van der Waals surface area contributed by atoms with Crippen molar-refractivity contribution in [3.8, 4) is 0 Å². The van der Waals surface area contributed by atoms with Gasteiger partial charge < -0.3 is 10.6 Å². The minimum atomic E-state index is -0.410. The Labute approximate surface area is 180 Å². The molecule has 0 saturated heterocycles. The molecule has 0 saturated carbocycles. The predicted molar refractivity (Wildman–Crippen MR) is 120 cm³/mol. The van der Waals surface area contributed by atoms with Crippen LogP contribution in [0.2, 0.25) is 0 Å². The first-order valence-corrected chi connectivity index (χ1v) is 11.0. The highest BCUT2D eigenvalue weighted by Gasteiger charge is 2.32. The first kappa shape index (κ1) is 20.3. The van der Waals surface area contributed by atoms with Crippen molar-refractivity contribution in [2.45, 2.75) is 18.9 Å². The number of thiophene rings is 1. The second-order valence-electron chi connectivity index (χ2n) is 7.43. The van der Waals surface area contributed by atoms with Gasteiger partial charge in [0.1, 0.15) is 0 Å². The molecule has 1 aromatic heterocycles. The maximum Gasteiger partial charge on any atom is 0.241 e. The molecule has 0 fully saturated rings. The van der Waals surface area contributed by atoms with Crippen molar-refractivity contribution in [1.29, 1.82) is 0 Å². The van der Waals surface area contributed by atoms with Crippen molar-refractivity contribution in [2.75, 3.05) is 24.5 Å². The van der Waals surface area contributed by atoms with E-state index in [2.05, 4.69) is 28.5 Å². The molecule has 0 unspecified atom stereocenters. The maximum absolute atomic E-state index is 13.4. The number of nitrogens with zero attached hydrogens (tertiary/aromatic N) is 2. The summed E-state index contributed by atoms with van der Waals surface area (Å²) in [7, 11) is 0. The summed E-state index contributed by atoms with van der Waals surface area (Å²) in [5, 5.41) is 2.13. The lowest BCUT2D eigenvalue weighted by atomic mass is 9.93. The van der Waals surface area contributed by atoms with E-state index in [1.165, 1.54) is 16.0 Å². The number of anilines is 1. The molecule has 154 valence electrons. The van der Waals surface area contributed by atoms with Gasteiger partial charge in [-0.15, -0.1) is 11.3 Å². The molecule has 5 nitrogen and oxygen atoms in total. The highest BCUT2D eigenvalue weighted by atomic mass is 32.1. The fourth-order valence-corrected chi connectivity index (χ4v) is 4.95. The zero-order valence-electron chi connectivity index (χ0n) is 16.7. The van der Waals surface area contributed by atoms with Gasteiger partial charge in [-0.1, -0.05) is 48.5 Å². The number of fused-ring (bicyclic) bond motifs is 1.